The van der Waals surface area contributed by atoms with E-state index in [0.717, 1.165) is 124 Å². The fourth-order valence-electron chi connectivity index (χ4n) is 15.7. The van der Waals surface area contributed by atoms with Crippen LogP contribution in [0.2, 0.25) is 0 Å². The maximum atomic E-state index is 2.77. The van der Waals surface area contributed by atoms with Gasteiger partial charge in [-0.15, -0.1) is 0 Å². The fourth-order valence-corrected chi connectivity index (χ4v) is 15.7. The highest BCUT2D eigenvalue weighted by Crippen LogP contribution is 2.80. The van der Waals surface area contributed by atoms with Crippen LogP contribution in [0.3, 0.4) is 0 Å². The van der Waals surface area contributed by atoms with E-state index >= 15 is 0 Å². The van der Waals surface area contributed by atoms with Crippen molar-refractivity contribution in [1.29, 1.82) is 0 Å². The van der Waals surface area contributed by atoms with Crippen molar-refractivity contribution in [2.75, 3.05) is 0 Å². The minimum Gasteiger partial charge on any atom is -0.0622 e. The summed E-state index contributed by atoms with van der Waals surface area (Å²) in [6.07, 6.45) is 6.32. The van der Waals surface area contributed by atoms with Gasteiger partial charge in [0.25, 0.3) is 0 Å². The van der Waals surface area contributed by atoms with Crippen LogP contribution in [0.25, 0.3) is 0 Å². The molecule has 8 aliphatic carbocycles. The summed E-state index contributed by atoms with van der Waals surface area (Å²) in [5.41, 5.74) is 0. The van der Waals surface area contributed by atoms with Crippen LogP contribution in [0.1, 0.15) is 74.1 Å². The normalized spacial score (nSPS) is 74.5. The molecule has 21 atom stereocenters. The quantitative estimate of drug-likeness (QED) is 0.366. The molecule has 0 N–H and O–H groups in total. The Bertz CT molecular complexity index is 813. The Morgan fingerprint density at radius 3 is 1.19 bits per heavy atom. The Labute approximate surface area is 198 Å². The van der Waals surface area contributed by atoms with Gasteiger partial charge < -0.3 is 0 Å². The third-order valence-electron chi connectivity index (χ3n) is 15.8. The van der Waals surface area contributed by atoms with Gasteiger partial charge in [0.15, 0.2) is 0 Å². The van der Waals surface area contributed by atoms with E-state index in [1.165, 1.54) is 0 Å². The van der Waals surface area contributed by atoms with Crippen LogP contribution >= 0.6 is 0 Å². The van der Waals surface area contributed by atoms with Crippen LogP contribution in [0, 0.1) is 124 Å². The molecule has 0 heterocycles. The lowest BCUT2D eigenvalue weighted by Gasteiger charge is -2.42. The molecule has 0 spiro atoms. The molecule has 0 bridgehead atoms. The van der Waals surface area contributed by atoms with Gasteiger partial charge in [-0.25, -0.2) is 0 Å². The minimum absolute atomic E-state index is 1.01. The highest BCUT2D eigenvalue weighted by molar-refractivity contribution is 5.23. The summed E-state index contributed by atoms with van der Waals surface area (Å²) in [6, 6.07) is 0. The number of rotatable bonds is 0. The lowest BCUT2D eigenvalue weighted by atomic mass is 9.63. The first kappa shape index (κ1) is 20.2. The average Bonchev–Trinajstić information content (AvgIpc) is 3.50. The zero-order valence-electron chi connectivity index (χ0n) is 22.0. The summed E-state index contributed by atoms with van der Waals surface area (Å²) in [5.74, 6) is 22.6. The molecule has 8 fully saturated rings. The molecule has 0 aliphatic heterocycles. The molecule has 0 heteroatoms. The summed E-state index contributed by atoms with van der Waals surface area (Å²) in [5, 5.41) is 0. The van der Waals surface area contributed by atoms with Crippen molar-refractivity contribution < 1.29 is 0 Å². The van der Waals surface area contributed by atoms with Crippen molar-refractivity contribution >= 4 is 0 Å². The molecule has 0 nitrogen and oxygen atoms in total. The molecule has 0 aromatic heterocycles. The maximum absolute atomic E-state index is 2.77. The first-order chi connectivity index (χ1) is 15.3. The minimum atomic E-state index is 1.01. The Morgan fingerprint density at radius 1 is 0.281 bits per heavy atom. The van der Waals surface area contributed by atoms with Gasteiger partial charge >= 0.3 is 0 Å². The van der Waals surface area contributed by atoms with Gasteiger partial charge in [0, 0.05) is 0 Å². The van der Waals surface area contributed by atoms with E-state index in [1.807, 2.05) is 0 Å². The van der Waals surface area contributed by atoms with Crippen LogP contribution < -0.4 is 0 Å². The van der Waals surface area contributed by atoms with Crippen molar-refractivity contribution in [3.8, 4) is 0 Å². The maximum Gasteiger partial charge on any atom is -0.0312 e. The van der Waals surface area contributed by atoms with E-state index in [9.17, 15) is 0 Å². The van der Waals surface area contributed by atoms with Crippen molar-refractivity contribution in [1.82, 2.24) is 0 Å². The molecule has 0 aromatic rings. The van der Waals surface area contributed by atoms with Crippen LogP contribution in [0.15, 0.2) is 0 Å². The van der Waals surface area contributed by atoms with Crippen molar-refractivity contribution in [2.45, 2.75) is 74.1 Å². The largest absolute Gasteiger partial charge is 0.0622 e. The summed E-state index contributed by atoms with van der Waals surface area (Å²) in [6.45, 7) is 19.1. The molecule has 8 aliphatic rings. The van der Waals surface area contributed by atoms with Gasteiger partial charge in [-0.3, -0.25) is 0 Å². The second kappa shape index (κ2) is 6.22. The van der Waals surface area contributed by atoms with Crippen molar-refractivity contribution in [3.63, 3.8) is 0 Å². The molecule has 21 unspecified atom stereocenters. The van der Waals surface area contributed by atoms with E-state index in [0.29, 0.717) is 0 Å². The highest BCUT2D eigenvalue weighted by Gasteiger charge is 2.76. The second-order valence-corrected chi connectivity index (χ2v) is 15.6. The average molecular weight is 435 g/mol. The van der Waals surface area contributed by atoms with Gasteiger partial charge in [0.2, 0.25) is 0 Å². The fraction of sp³-hybridized carbons (Fsp3) is 1.00. The first-order valence-corrected chi connectivity index (χ1v) is 15.3. The summed E-state index contributed by atoms with van der Waals surface area (Å²) in [4.78, 5) is 0. The molecule has 0 saturated heterocycles. The molecule has 0 radical (unpaired) electrons. The monoisotopic (exact) mass is 434 g/mol. The molecule has 0 aromatic carbocycles. The van der Waals surface area contributed by atoms with Gasteiger partial charge in [-0.1, -0.05) is 54.9 Å². The smallest absolute Gasteiger partial charge is 0.0312 e. The van der Waals surface area contributed by atoms with Gasteiger partial charge in [0.05, 0.1) is 0 Å². The van der Waals surface area contributed by atoms with Crippen LogP contribution in [0.4, 0.5) is 0 Å². The highest BCUT2D eigenvalue weighted by atomic mass is 14.8. The molecule has 178 valence electrons. The molecular formula is C32H50. The predicted molar refractivity (Wildman–Crippen MR) is 131 cm³/mol. The molecule has 0 amide bonds. The summed E-state index contributed by atoms with van der Waals surface area (Å²) in [7, 11) is 0. The van der Waals surface area contributed by atoms with Crippen LogP contribution in [0.5, 0.6) is 0 Å². The van der Waals surface area contributed by atoms with E-state index in [1.54, 1.807) is 25.7 Å². The van der Waals surface area contributed by atoms with Gasteiger partial charge in [-0.2, -0.15) is 0 Å². The Morgan fingerprint density at radius 2 is 0.656 bits per heavy atom. The number of fused-ring (bicyclic) bond motifs is 13. The van der Waals surface area contributed by atoms with Crippen molar-refractivity contribution in [3.05, 3.63) is 0 Å². The Kier molecular flexibility index (Phi) is 3.93. The molecule has 8 rings (SSSR count). The third-order valence-corrected chi connectivity index (χ3v) is 15.8. The first-order valence-electron chi connectivity index (χ1n) is 15.3. The Hall–Kier alpha value is 0. The predicted octanol–water partition coefficient (Wildman–Crippen LogP) is 7.74. The summed E-state index contributed by atoms with van der Waals surface area (Å²) >= 11 is 0. The second-order valence-electron chi connectivity index (χ2n) is 15.6. The molecule has 8 saturated carbocycles. The van der Waals surface area contributed by atoms with Crippen molar-refractivity contribution in [2.24, 2.45) is 124 Å². The van der Waals surface area contributed by atoms with Gasteiger partial charge in [-0.05, 0) is 144 Å². The van der Waals surface area contributed by atoms with E-state index in [-0.39, 0.29) is 0 Å². The third kappa shape index (κ3) is 1.94. The molecule has 32 heavy (non-hydrogen) atoms. The van der Waals surface area contributed by atoms with Gasteiger partial charge in [0.1, 0.15) is 0 Å². The molecular weight excluding hydrogens is 384 g/mol. The topological polar surface area (TPSA) is 0 Å². The standard InChI is InChI=1S/C32H50/c1-12-8-9-21-22(12)14(3)24-16(5)26-18(7)27-17(6)25-15(4)23-13(2)19-10-11-20(19)28(23)30(25)32(27)31(26)29(21)24/h12-32H,8-11H2,1-7H3. The van der Waals surface area contributed by atoms with Crippen LogP contribution in [-0.2, 0) is 0 Å². The Balaban J connectivity index is 1.24. The zero-order chi connectivity index (χ0) is 22.0. The SMILES string of the molecule is CC1CCC2C1C(C)C1C(C)C3C(C)C4C(C)C5C(C)C6C(C)C7CCC7C6C5C4C3C21. The van der Waals surface area contributed by atoms with Crippen LogP contribution in [-0.4, -0.2) is 0 Å². The van der Waals surface area contributed by atoms with E-state index in [4.69, 9.17) is 0 Å². The number of hydrogen-bond donors (Lipinski definition) is 0. The number of hydrogen-bond acceptors (Lipinski definition) is 0. The lowest BCUT2D eigenvalue weighted by Crippen LogP contribution is -2.36. The lowest BCUT2D eigenvalue weighted by molar-refractivity contribution is 0.0629. The zero-order valence-corrected chi connectivity index (χ0v) is 22.0. The van der Waals surface area contributed by atoms with E-state index < -0.39 is 0 Å². The van der Waals surface area contributed by atoms with E-state index in [2.05, 4.69) is 48.5 Å². The summed E-state index contributed by atoms with van der Waals surface area (Å²) < 4.78 is 0.